The molecule has 0 N–H and O–H groups in total. The monoisotopic (exact) mass is 365 g/mol. The summed E-state index contributed by atoms with van der Waals surface area (Å²) in [6.07, 6.45) is 1.78. The molecule has 0 bridgehead atoms. The van der Waals surface area contributed by atoms with Gasteiger partial charge in [0, 0.05) is 11.1 Å². The summed E-state index contributed by atoms with van der Waals surface area (Å²) in [6, 6.07) is 17.6. The van der Waals surface area contributed by atoms with Crippen LogP contribution in [0.1, 0.15) is 21.8 Å². The van der Waals surface area contributed by atoms with Crippen molar-refractivity contribution in [2.45, 2.75) is 13.5 Å². The number of carbonyl (C=O) groups excluding carboxylic acids is 1. The third-order valence-corrected chi connectivity index (χ3v) is 4.69. The standard InChI is InChI=1S/C21H19NO3S/c1-15-14-26-20(22-15)19(21(23)24-2)12-16-8-10-18(11-9-16)25-13-17-6-4-3-5-7-17/h3-12,14H,13H2,1-2H3/b19-12-. The van der Waals surface area contributed by atoms with Crippen LogP contribution in [-0.4, -0.2) is 18.1 Å². The van der Waals surface area contributed by atoms with Crippen molar-refractivity contribution in [1.29, 1.82) is 0 Å². The second-order valence-corrected chi connectivity index (χ2v) is 6.55. The average Bonchev–Trinajstić information content (AvgIpc) is 3.11. The number of hydrogen-bond acceptors (Lipinski definition) is 5. The highest BCUT2D eigenvalue weighted by atomic mass is 32.1. The molecular formula is C21H19NO3S. The number of aryl methyl sites for hydroxylation is 1. The van der Waals surface area contributed by atoms with Gasteiger partial charge >= 0.3 is 5.97 Å². The summed E-state index contributed by atoms with van der Waals surface area (Å²) in [6.45, 7) is 2.41. The maximum atomic E-state index is 12.1. The molecule has 132 valence electrons. The Labute approximate surface area is 156 Å². The summed E-state index contributed by atoms with van der Waals surface area (Å²) >= 11 is 1.42. The maximum absolute atomic E-state index is 12.1. The normalized spacial score (nSPS) is 11.2. The topological polar surface area (TPSA) is 48.4 Å². The molecule has 0 aliphatic carbocycles. The number of benzene rings is 2. The Bertz CT molecular complexity index is 899. The zero-order valence-corrected chi connectivity index (χ0v) is 15.5. The largest absolute Gasteiger partial charge is 0.489 e. The predicted molar refractivity (Wildman–Crippen MR) is 104 cm³/mol. The van der Waals surface area contributed by atoms with Crippen molar-refractivity contribution in [2.24, 2.45) is 0 Å². The number of rotatable bonds is 6. The number of nitrogens with zero attached hydrogens (tertiary/aromatic N) is 1. The van der Waals surface area contributed by atoms with Gasteiger partial charge in [0.15, 0.2) is 0 Å². The van der Waals surface area contributed by atoms with E-state index in [-0.39, 0.29) is 0 Å². The summed E-state index contributed by atoms with van der Waals surface area (Å²) in [4.78, 5) is 16.5. The Morgan fingerprint density at radius 3 is 2.46 bits per heavy atom. The number of hydrogen-bond donors (Lipinski definition) is 0. The van der Waals surface area contributed by atoms with Crippen molar-refractivity contribution in [3.63, 3.8) is 0 Å². The fraction of sp³-hybridized carbons (Fsp3) is 0.143. The van der Waals surface area contributed by atoms with E-state index in [1.165, 1.54) is 18.4 Å². The van der Waals surface area contributed by atoms with Crippen molar-refractivity contribution in [3.8, 4) is 5.75 Å². The second kappa shape index (κ2) is 8.45. The summed E-state index contributed by atoms with van der Waals surface area (Å²) in [7, 11) is 1.37. The molecule has 0 amide bonds. The first-order chi connectivity index (χ1) is 12.7. The minimum atomic E-state index is -0.399. The minimum Gasteiger partial charge on any atom is -0.489 e. The molecule has 3 aromatic rings. The van der Waals surface area contributed by atoms with Crippen molar-refractivity contribution in [3.05, 3.63) is 81.8 Å². The molecule has 0 saturated carbocycles. The first-order valence-electron chi connectivity index (χ1n) is 8.15. The molecule has 0 aliphatic rings. The van der Waals surface area contributed by atoms with Crippen LogP contribution in [0, 0.1) is 6.92 Å². The molecule has 1 heterocycles. The lowest BCUT2D eigenvalue weighted by Crippen LogP contribution is -2.03. The van der Waals surface area contributed by atoms with Gasteiger partial charge in [0.05, 0.1) is 12.7 Å². The number of esters is 1. The molecule has 1 aromatic heterocycles. The van der Waals surface area contributed by atoms with Gasteiger partial charge < -0.3 is 9.47 Å². The predicted octanol–water partition coefficient (Wildman–Crippen LogP) is 4.74. The van der Waals surface area contributed by atoms with E-state index in [0.717, 1.165) is 22.6 Å². The molecule has 0 fully saturated rings. The smallest absolute Gasteiger partial charge is 0.340 e. The van der Waals surface area contributed by atoms with E-state index in [1.807, 2.05) is 66.9 Å². The minimum absolute atomic E-state index is 0.399. The highest BCUT2D eigenvalue weighted by Gasteiger charge is 2.16. The van der Waals surface area contributed by atoms with Gasteiger partial charge in [-0.2, -0.15) is 0 Å². The van der Waals surface area contributed by atoms with E-state index in [9.17, 15) is 4.79 Å². The molecule has 5 heteroatoms. The lowest BCUT2D eigenvalue weighted by molar-refractivity contribution is -0.133. The number of thiazole rings is 1. The Morgan fingerprint density at radius 2 is 1.85 bits per heavy atom. The number of methoxy groups -OCH3 is 1. The van der Waals surface area contributed by atoms with E-state index < -0.39 is 5.97 Å². The summed E-state index contributed by atoms with van der Waals surface area (Å²) < 4.78 is 10.7. The summed E-state index contributed by atoms with van der Waals surface area (Å²) in [5.41, 5.74) is 3.32. The zero-order valence-electron chi connectivity index (χ0n) is 14.6. The molecule has 0 spiro atoms. The van der Waals surface area contributed by atoms with Crippen molar-refractivity contribution >= 4 is 29.0 Å². The molecule has 0 unspecified atom stereocenters. The molecular weight excluding hydrogens is 346 g/mol. The van der Waals surface area contributed by atoms with E-state index in [1.54, 1.807) is 6.08 Å². The summed E-state index contributed by atoms with van der Waals surface area (Å²) in [5, 5.41) is 2.56. The van der Waals surface area contributed by atoms with Crippen LogP contribution in [-0.2, 0) is 16.1 Å². The first-order valence-corrected chi connectivity index (χ1v) is 9.03. The fourth-order valence-corrected chi connectivity index (χ4v) is 3.16. The van der Waals surface area contributed by atoms with Crippen LogP contribution in [0.5, 0.6) is 5.75 Å². The molecule has 3 rings (SSSR count). The summed E-state index contributed by atoms with van der Waals surface area (Å²) in [5.74, 6) is 0.375. The van der Waals surface area contributed by atoms with Gasteiger partial charge in [0.2, 0.25) is 0 Å². The Hall–Kier alpha value is -2.92. The van der Waals surface area contributed by atoms with Gasteiger partial charge in [-0.15, -0.1) is 11.3 Å². The van der Waals surface area contributed by atoms with Crippen LogP contribution >= 0.6 is 11.3 Å². The van der Waals surface area contributed by atoms with E-state index in [0.29, 0.717) is 17.2 Å². The SMILES string of the molecule is COC(=O)/C(=C\c1ccc(OCc2ccccc2)cc1)c1nc(C)cs1. The lowest BCUT2D eigenvalue weighted by atomic mass is 10.1. The van der Waals surface area contributed by atoms with Gasteiger partial charge in [-0.3, -0.25) is 0 Å². The van der Waals surface area contributed by atoms with Gasteiger partial charge in [-0.25, -0.2) is 9.78 Å². The second-order valence-electron chi connectivity index (χ2n) is 5.69. The van der Waals surface area contributed by atoms with Crippen molar-refractivity contribution in [1.82, 2.24) is 4.98 Å². The van der Waals surface area contributed by atoms with Crippen LogP contribution < -0.4 is 4.74 Å². The number of carbonyl (C=O) groups is 1. The molecule has 0 saturated heterocycles. The van der Waals surface area contributed by atoms with E-state index in [4.69, 9.17) is 9.47 Å². The fourth-order valence-electron chi connectivity index (χ4n) is 2.36. The highest BCUT2D eigenvalue weighted by Crippen LogP contribution is 2.24. The van der Waals surface area contributed by atoms with E-state index in [2.05, 4.69) is 4.98 Å². The maximum Gasteiger partial charge on any atom is 0.340 e. The van der Waals surface area contributed by atoms with E-state index >= 15 is 0 Å². The van der Waals surface area contributed by atoms with Crippen LogP contribution in [0.15, 0.2) is 60.0 Å². The first kappa shape index (κ1) is 17.9. The Kier molecular flexibility index (Phi) is 5.81. The van der Waals surface area contributed by atoms with Crippen molar-refractivity contribution < 1.29 is 14.3 Å². The van der Waals surface area contributed by atoms with Gasteiger partial charge in [0.1, 0.15) is 17.4 Å². The molecule has 26 heavy (non-hydrogen) atoms. The highest BCUT2D eigenvalue weighted by molar-refractivity contribution is 7.11. The van der Waals surface area contributed by atoms with Gasteiger partial charge in [0.25, 0.3) is 0 Å². The average molecular weight is 365 g/mol. The number of ether oxygens (including phenoxy) is 2. The van der Waals surface area contributed by atoms with Crippen LogP contribution in [0.2, 0.25) is 0 Å². The molecule has 0 aliphatic heterocycles. The third kappa shape index (κ3) is 4.58. The zero-order chi connectivity index (χ0) is 18.4. The van der Waals surface area contributed by atoms with Crippen molar-refractivity contribution in [2.75, 3.05) is 7.11 Å². The van der Waals surface area contributed by atoms with Crippen LogP contribution in [0.3, 0.4) is 0 Å². The quantitative estimate of drug-likeness (QED) is 0.467. The molecule has 4 nitrogen and oxygen atoms in total. The van der Waals surface area contributed by atoms with Crippen LogP contribution in [0.25, 0.3) is 11.6 Å². The Balaban J connectivity index is 1.75. The molecule has 0 radical (unpaired) electrons. The van der Waals surface area contributed by atoms with Gasteiger partial charge in [-0.1, -0.05) is 42.5 Å². The van der Waals surface area contributed by atoms with Gasteiger partial charge in [-0.05, 0) is 36.3 Å². The molecule has 0 atom stereocenters. The Morgan fingerprint density at radius 1 is 1.12 bits per heavy atom. The lowest BCUT2D eigenvalue weighted by Gasteiger charge is -2.07. The molecule has 2 aromatic carbocycles. The van der Waals surface area contributed by atoms with Crippen LogP contribution in [0.4, 0.5) is 0 Å². The number of aromatic nitrogens is 1. The third-order valence-electron chi connectivity index (χ3n) is 3.69.